The van der Waals surface area contributed by atoms with Crippen molar-refractivity contribution in [1.82, 2.24) is 5.32 Å². The van der Waals surface area contributed by atoms with Crippen LogP contribution in [0.1, 0.15) is 5.56 Å². The van der Waals surface area contributed by atoms with Gasteiger partial charge in [0.2, 0.25) is 0 Å². The van der Waals surface area contributed by atoms with Crippen LogP contribution in [0.3, 0.4) is 0 Å². The molecular weight excluding hydrogens is 344 g/mol. The van der Waals surface area contributed by atoms with E-state index < -0.39 is 0 Å². The minimum absolute atomic E-state index is 0.0687. The molecule has 3 aromatic rings. The second kappa shape index (κ2) is 8.91. The second-order valence-electron chi connectivity index (χ2n) is 5.89. The van der Waals surface area contributed by atoms with Crippen LogP contribution in [0.25, 0.3) is 10.8 Å². The van der Waals surface area contributed by atoms with Gasteiger partial charge in [0, 0.05) is 11.9 Å². The molecule has 3 aromatic carbocycles. The van der Waals surface area contributed by atoms with E-state index in [-0.39, 0.29) is 19.2 Å². The van der Waals surface area contributed by atoms with Crippen LogP contribution in [0.2, 0.25) is 0 Å². The Hall–Kier alpha value is -3.25. The lowest BCUT2D eigenvalue weighted by molar-refractivity contribution is 0.196. The molecule has 0 aliphatic rings. The summed E-state index contributed by atoms with van der Waals surface area (Å²) in [5, 5.41) is 16.6. The lowest BCUT2D eigenvalue weighted by atomic mass is 10.1. The molecule has 0 saturated heterocycles. The minimum Gasteiger partial charge on any atom is -0.493 e. The van der Waals surface area contributed by atoms with E-state index in [9.17, 15) is 4.79 Å². The molecular formula is C21H22N2O4. The molecule has 0 aromatic heterocycles. The topological polar surface area (TPSA) is 79.8 Å². The van der Waals surface area contributed by atoms with Crippen LogP contribution in [0, 0.1) is 0 Å². The Labute approximate surface area is 157 Å². The summed E-state index contributed by atoms with van der Waals surface area (Å²) in [6, 6.07) is 18.8. The third-order valence-corrected chi connectivity index (χ3v) is 4.07. The van der Waals surface area contributed by atoms with Crippen LogP contribution < -0.4 is 20.1 Å². The molecule has 6 heteroatoms. The number of nitrogens with one attached hydrogen (secondary N) is 2. The number of fused-ring (bicyclic) bond motifs is 1. The number of urea groups is 1. The number of hydrogen-bond acceptors (Lipinski definition) is 4. The predicted molar refractivity (Wildman–Crippen MR) is 105 cm³/mol. The van der Waals surface area contributed by atoms with E-state index in [1.807, 2.05) is 48.5 Å². The molecule has 0 radical (unpaired) electrons. The van der Waals surface area contributed by atoms with Gasteiger partial charge in [-0.15, -0.1) is 0 Å². The normalized spacial score (nSPS) is 10.4. The number of ether oxygens (including phenoxy) is 2. The van der Waals surface area contributed by atoms with Crippen LogP contribution in [0.5, 0.6) is 11.5 Å². The average Bonchev–Trinajstić information content (AvgIpc) is 2.71. The molecule has 0 aliphatic heterocycles. The zero-order valence-electron chi connectivity index (χ0n) is 15.1. The van der Waals surface area contributed by atoms with E-state index >= 15 is 0 Å². The first kappa shape index (κ1) is 18.5. The number of anilines is 1. The highest BCUT2D eigenvalue weighted by atomic mass is 16.5. The lowest BCUT2D eigenvalue weighted by Gasteiger charge is -2.13. The predicted octanol–water partition coefficient (Wildman–Crippen LogP) is 3.54. The first-order valence-corrected chi connectivity index (χ1v) is 8.64. The van der Waals surface area contributed by atoms with Crippen molar-refractivity contribution < 1.29 is 19.4 Å². The summed E-state index contributed by atoms with van der Waals surface area (Å²) in [5.41, 5.74) is 1.63. The summed E-state index contributed by atoms with van der Waals surface area (Å²) in [6.45, 7) is 0.468. The van der Waals surface area contributed by atoms with E-state index in [0.717, 1.165) is 22.0 Å². The summed E-state index contributed by atoms with van der Waals surface area (Å²) in [6.07, 6.45) is 0. The molecule has 0 bridgehead atoms. The lowest BCUT2D eigenvalue weighted by Crippen LogP contribution is -2.28. The van der Waals surface area contributed by atoms with Crippen LogP contribution in [0.15, 0.2) is 60.7 Å². The smallest absolute Gasteiger partial charge is 0.319 e. The van der Waals surface area contributed by atoms with E-state index in [1.54, 1.807) is 19.2 Å². The highest BCUT2D eigenvalue weighted by Gasteiger charge is 2.08. The summed E-state index contributed by atoms with van der Waals surface area (Å²) < 4.78 is 10.7. The van der Waals surface area contributed by atoms with Crippen LogP contribution in [0.4, 0.5) is 10.5 Å². The number of rotatable bonds is 7. The number of carbonyl (C=O) groups excluding carboxylic acids is 1. The molecule has 0 fully saturated rings. The molecule has 0 unspecified atom stereocenters. The van der Waals surface area contributed by atoms with Gasteiger partial charge >= 0.3 is 6.03 Å². The van der Waals surface area contributed by atoms with E-state index in [2.05, 4.69) is 10.6 Å². The fourth-order valence-electron chi connectivity index (χ4n) is 2.78. The Kier molecular flexibility index (Phi) is 6.12. The molecule has 6 nitrogen and oxygen atoms in total. The maximum atomic E-state index is 12.3. The molecule has 0 saturated carbocycles. The molecule has 27 heavy (non-hydrogen) atoms. The van der Waals surface area contributed by atoms with Crippen molar-refractivity contribution in [2.24, 2.45) is 0 Å². The van der Waals surface area contributed by atoms with Crippen molar-refractivity contribution >= 4 is 22.5 Å². The first-order valence-electron chi connectivity index (χ1n) is 8.64. The van der Waals surface area contributed by atoms with Gasteiger partial charge in [0.05, 0.1) is 19.4 Å². The van der Waals surface area contributed by atoms with Gasteiger partial charge in [-0.25, -0.2) is 4.79 Å². The molecule has 3 rings (SSSR count). The van der Waals surface area contributed by atoms with Crippen LogP contribution in [-0.4, -0.2) is 31.5 Å². The van der Waals surface area contributed by atoms with Crippen LogP contribution >= 0.6 is 0 Å². The number of carbonyl (C=O) groups is 1. The molecule has 0 spiro atoms. The number of hydrogen-bond donors (Lipinski definition) is 3. The molecule has 2 amide bonds. The van der Waals surface area contributed by atoms with Gasteiger partial charge in [-0.05, 0) is 29.1 Å². The quantitative estimate of drug-likeness (QED) is 0.597. The zero-order chi connectivity index (χ0) is 19.1. The van der Waals surface area contributed by atoms with Gasteiger partial charge in [0.25, 0.3) is 0 Å². The van der Waals surface area contributed by atoms with Crippen LogP contribution in [-0.2, 0) is 6.54 Å². The fraction of sp³-hybridized carbons (Fsp3) is 0.190. The highest BCUT2D eigenvalue weighted by molar-refractivity contribution is 6.01. The first-order chi connectivity index (χ1) is 13.2. The van der Waals surface area contributed by atoms with Crippen molar-refractivity contribution in [3.63, 3.8) is 0 Å². The molecule has 0 heterocycles. The number of benzene rings is 3. The highest BCUT2D eigenvalue weighted by Crippen LogP contribution is 2.28. The third kappa shape index (κ3) is 4.68. The van der Waals surface area contributed by atoms with Crippen molar-refractivity contribution in [1.29, 1.82) is 0 Å². The van der Waals surface area contributed by atoms with Crippen molar-refractivity contribution in [2.45, 2.75) is 6.54 Å². The maximum absolute atomic E-state index is 12.3. The third-order valence-electron chi connectivity index (χ3n) is 4.07. The van der Waals surface area contributed by atoms with Crippen molar-refractivity contribution in [3.8, 4) is 11.5 Å². The van der Waals surface area contributed by atoms with Gasteiger partial charge in [-0.2, -0.15) is 0 Å². The maximum Gasteiger partial charge on any atom is 0.319 e. The Bertz CT molecular complexity index is 922. The van der Waals surface area contributed by atoms with Gasteiger partial charge in [-0.3, -0.25) is 0 Å². The molecule has 3 N–H and O–H groups in total. The molecule has 140 valence electrons. The summed E-state index contributed by atoms with van der Waals surface area (Å²) >= 11 is 0. The van der Waals surface area contributed by atoms with Crippen molar-refractivity contribution in [2.75, 3.05) is 25.6 Å². The van der Waals surface area contributed by atoms with E-state index in [4.69, 9.17) is 14.6 Å². The van der Waals surface area contributed by atoms with Gasteiger partial charge in [0.1, 0.15) is 6.61 Å². The van der Waals surface area contributed by atoms with E-state index in [0.29, 0.717) is 18.0 Å². The minimum atomic E-state index is -0.286. The molecule has 0 aliphatic carbocycles. The molecule has 0 atom stereocenters. The van der Waals surface area contributed by atoms with Gasteiger partial charge in [0.15, 0.2) is 11.5 Å². The summed E-state index contributed by atoms with van der Waals surface area (Å²) in [5.74, 6) is 1.10. The van der Waals surface area contributed by atoms with E-state index in [1.165, 1.54) is 0 Å². The largest absolute Gasteiger partial charge is 0.493 e. The standard InChI is InChI=1S/C21H22N2O4/c1-26-20-13-15(9-10-19(20)27-12-11-24)14-22-21(25)23-18-8-4-6-16-5-2-3-7-17(16)18/h2-10,13,24H,11-12,14H2,1H3,(H2,22,23,25). The van der Waals surface area contributed by atoms with Crippen molar-refractivity contribution in [3.05, 3.63) is 66.2 Å². The van der Waals surface area contributed by atoms with Gasteiger partial charge in [-0.1, -0.05) is 42.5 Å². The fourth-order valence-corrected chi connectivity index (χ4v) is 2.78. The summed E-state index contributed by atoms with van der Waals surface area (Å²) in [4.78, 5) is 12.3. The average molecular weight is 366 g/mol. The Balaban J connectivity index is 1.63. The SMILES string of the molecule is COc1cc(CNC(=O)Nc2cccc3ccccc23)ccc1OCCO. The number of aliphatic hydroxyl groups is 1. The zero-order valence-corrected chi connectivity index (χ0v) is 15.1. The number of aliphatic hydroxyl groups excluding tert-OH is 1. The number of amides is 2. The Morgan fingerprint density at radius 1 is 1.04 bits per heavy atom. The van der Waals surface area contributed by atoms with Gasteiger partial charge < -0.3 is 25.2 Å². The Morgan fingerprint density at radius 2 is 1.85 bits per heavy atom. The Morgan fingerprint density at radius 3 is 2.67 bits per heavy atom. The summed E-state index contributed by atoms with van der Waals surface area (Å²) in [7, 11) is 1.55. The monoisotopic (exact) mass is 366 g/mol. The second-order valence-corrected chi connectivity index (χ2v) is 5.89. The number of methoxy groups -OCH3 is 1.